The number of nitrogens with one attached hydrogen (secondary N) is 1. The number of rotatable bonds is 7. The van der Waals surface area contributed by atoms with Crippen LogP contribution in [-0.4, -0.2) is 60.7 Å². The Morgan fingerprint density at radius 2 is 1.92 bits per heavy atom. The van der Waals surface area contributed by atoms with Crippen molar-refractivity contribution in [3.63, 3.8) is 0 Å². The minimum absolute atomic E-state index is 0.205. The van der Waals surface area contributed by atoms with Gasteiger partial charge in [-0.2, -0.15) is 10.2 Å². The number of hydrogen-bond donors (Lipinski definition) is 1. The van der Waals surface area contributed by atoms with Gasteiger partial charge in [0.2, 0.25) is 0 Å². The first kappa shape index (κ1) is 23.0. The Morgan fingerprint density at radius 1 is 1.08 bits per heavy atom. The van der Waals surface area contributed by atoms with Gasteiger partial charge in [0.1, 0.15) is 17.3 Å². The Labute approximate surface area is 211 Å². The molecule has 36 heavy (non-hydrogen) atoms. The standard InChI is InChI=1S/C27H34N8O/c1-28-26-14-24-22(16-30-26)27(19-15-31-33(2)17-19)32-35(24)20-7-9-21(10-8-20)36-25-6-5-11-29-23(25)18-34-12-3-4-13-34/h5-6,11,14-17,20-21H,3-4,7-10,12-13,18H2,1-2H3,(H,28,30)/t20-,21+. The van der Waals surface area contributed by atoms with E-state index < -0.39 is 0 Å². The second-order valence-corrected chi connectivity index (χ2v) is 10.0. The summed E-state index contributed by atoms with van der Waals surface area (Å²) in [6.07, 6.45) is 14.5. The average Bonchev–Trinajstić information content (AvgIpc) is 3.66. The van der Waals surface area contributed by atoms with Gasteiger partial charge < -0.3 is 10.1 Å². The molecule has 9 nitrogen and oxygen atoms in total. The number of nitrogens with zero attached hydrogens (tertiary/aromatic N) is 7. The Bertz CT molecular complexity index is 1330. The molecule has 0 atom stereocenters. The maximum absolute atomic E-state index is 6.53. The van der Waals surface area contributed by atoms with E-state index in [2.05, 4.69) is 42.1 Å². The van der Waals surface area contributed by atoms with E-state index in [1.54, 1.807) is 0 Å². The molecule has 0 aromatic carbocycles. The summed E-state index contributed by atoms with van der Waals surface area (Å²) in [5.41, 5.74) is 4.12. The zero-order valence-electron chi connectivity index (χ0n) is 21.1. The molecule has 1 N–H and O–H groups in total. The zero-order chi connectivity index (χ0) is 24.5. The van der Waals surface area contributed by atoms with Gasteiger partial charge in [0.15, 0.2) is 0 Å². The molecule has 0 bridgehead atoms. The number of ether oxygens (including phenoxy) is 1. The molecule has 0 unspecified atom stereocenters. The Morgan fingerprint density at radius 3 is 2.67 bits per heavy atom. The normalized spacial score (nSPS) is 20.7. The van der Waals surface area contributed by atoms with E-state index in [1.165, 1.54) is 12.8 Å². The topological polar surface area (TPSA) is 85.9 Å². The van der Waals surface area contributed by atoms with Crippen LogP contribution in [0.5, 0.6) is 5.75 Å². The maximum atomic E-state index is 6.53. The quantitative estimate of drug-likeness (QED) is 0.414. The molecule has 1 saturated heterocycles. The molecule has 4 aromatic heterocycles. The van der Waals surface area contributed by atoms with Crippen molar-refractivity contribution in [1.29, 1.82) is 0 Å². The number of likely N-dealkylation sites (tertiary alicyclic amines) is 1. The van der Waals surface area contributed by atoms with E-state index in [4.69, 9.17) is 9.84 Å². The number of pyridine rings is 2. The van der Waals surface area contributed by atoms with Gasteiger partial charge in [0.05, 0.1) is 29.6 Å². The van der Waals surface area contributed by atoms with E-state index in [1.807, 2.05) is 49.6 Å². The second kappa shape index (κ2) is 9.89. The van der Waals surface area contributed by atoms with Crippen molar-refractivity contribution >= 4 is 16.7 Å². The van der Waals surface area contributed by atoms with Gasteiger partial charge in [-0.3, -0.25) is 19.2 Å². The highest BCUT2D eigenvalue weighted by Crippen LogP contribution is 2.36. The summed E-state index contributed by atoms with van der Waals surface area (Å²) in [5, 5.41) is 13.7. The van der Waals surface area contributed by atoms with Crippen molar-refractivity contribution in [3.05, 3.63) is 48.7 Å². The minimum atomic E-state index is 0.205. The average molecular weight is 487 g/mol. The van der Waals surface area contributed by atoms with Crippen molar-refractivity contribution in [2.75, 3.05) is 25.5 Å². The van der Waals surface area contributed by atoms with Crippen LogP contribution in [0.1, 0.15) is 50.3 Å². The molecule has 6 rings (SSSR count). The molecular formula is C27H34N8O. The van der Waals surface area contributed by atoms with Gasteiger partial charge >= 0.3 is 0 Å². The second-order valence-electron chi connectivity index (χ2n) is 10.0. The highest BCUT2D eigenvalue weighted by atomic mass is 16.5. The van der Waals surface area contributed by atoms with Crippen LogP contribution in [0.3, 0.4) is 0 Å². The number of fused-ring (bicyclic) bond motifs is 1. The van der Waals surface area contributed by atoms with E-state index in [-0.39, 0.29) is 6.10 Å². The molecule has 9 heteroatoms. The largest absolute Gasteiger partial charge is 0.488 e. The van der Waals surface area contributed by atoms with Crippen LogP contribution in [-0.2, 0) is 13.6 Å². The van der Waals surface area contributed by atoms with Gasteiger partial charge in [-0.1, -0.05) is 0 Å². The summed E-state index contributed by atoms with van der Waals surface area (Å²) in [6.45, 7) is 3.19. The molecule has 0 amide bonds. The highest BCUT2D eigenvalue weighted by molar-refractivity contribution is 5.93. The fourth-order valence-electron chi connectivity index (χ4n) is 5.59. The summed E-state index contributed by atoms with van der Waals surface area (Å²) in [6, 6.07) is 6.49. The Hall–Kier alpha value is -3.46. The lowest BCUT2D eigenvalue weighted by molar-refractivity contribution is 0.128. The first-order valence-corrected chi connectivity index (χ1v) is 13.1. The van der Waals surface area contributed by atoms with Crippen LogP contribution in [0.2, 0.25) is 0 Å². The third kappa shape index (κ3) is 4.55. The minimum Gasteiger partial charge on any atom is -0.488 e. The highest BCUT2D eigenvalue weighted by Gasteiger charge is 2.28. The predicted molar refractivity (Wildman–Crippen MR) is 140 cm³/mol. The van der Waals surface area contributed by atoms with E-state index >= 15 is 0 Å². The van der Waals surface area contributed by atoms with Crippen LogP contribution >= 0.6 is 0 Å². The lowest BCUT2D eigenvalue weighted by atomic mass is 9.93. The van der Waals surface area contributed by atoms with Gasteiger partial charge in [-0.05, 0) is 63.7 Å². The number of anilines is 1. The summed E-state index contributed by atoms with van der Waals surface area (Å²) < 4.78 is 10.6. The third-order valence-electron chi connectivity index (χ3n) is 7.53. The molecule has 1 aliphatic carbocycles. The Balaban J connectivity index is 1.20. The van der Waals surface area contributed by atoms with E-state index in [0.717, 1.165) is 84.7 Å². The number of aromatic nitrogens is 6. The van der Waals surface area contributed by atoms with Crippen LogP contribution in [0, 0.1) is 0 Å². The molecule has 1 aliphatic heterocycles. The fourth-order valence-corrected chi connectivity index (χ4v) is 5.59. The van der Waals surface area contributed by atoms with Gasteiger partial charge in [-0.15, -0.1) is 0 Å². The van der Waals surface area contributed by atoms with Gasteiger partial charge in [0, 0.05) is 56.2 Å². The van der Waals surface area contributed by atoms with Crippen LogP contribution in [0.25, 0.3) is 22.2 Å². The molecule has 0 radical (unpaired) electrons. The fraction of sp³-hybridized carbons (Fsp3) is 0.481. The molecule has 0 spiro atoms. The predicted octanol–water partition coefficient (Wildman–Crippen LogP) is 4.43. The smallest absolute Gasteiger partial charge is 0.142 e. The van der Waals surface area contributed by atoms with Crippen molar-refractivity contribution in [3.8, 4) is 17.0 Å². The third-order valence-corrected chi connectivity index (χ3v) is 7.53. The van der Waals surface area contributed by atoms with Crippen LogP contribution in [0.4, 0.5) is 5.82 Å². The summed E-state index contributed by atoms with van der Waals surface area (Å²) in [7, 11) is 3.83. The first-order chi connectivity index (χ1) is 17.7. The van der Waals surface area contributed by atoms with Gasteiger partial charge in [0.25, 0.3) is 0 Å². The lowest BCUT2D eigenvalue weighted by Crippen LogP contribution is -2.27. The van der Waals surface area contributed by atoms with Crippen LogP contribution < -0.4 is 10.1 Å². The molecule has 4 aromatic rings. The lowest BCUT2D eigenvalue weighted by Gasteiger charge is -2.30. The van der Waals surface area contributed by atoms with Crippen molar-refractivity contribution in [1.82, 2.24) is 34.4 Å². The SMILES string of the molecule is CNc1cc2c(cn1)c(-c1cnn(C)c1)nn2[C@H]1CC[C@@H](Oc2cccnc2CN2CCCC2)CC1. The molecule has 2 fully saturated rings. The number of hydrogen-bond acceptors (Lipinski definition) is 7. The van der Waals surface area contributed by atoms with Crippen molar-refractivity contribution in [2.45, 2.75) is 57.2 Å². The molecule has 1 saturated carbocycles. The van der Waals surface area contributed by atoms with Crippen LogP contribution in [0.15, 0.2) is 43.0 Å². The Kier molecular flexibility index (Phi) is 6.31. The number of aryl methyl sites for hydroxylation is 1. The first-order valence-electron chi connectivity index (χ1n) is 13.1. The molecule has 5 heterocycles. The van der Waals surface area contributed by atoms with E-state index in [9.17, 15) is 0 Å². The molecule has 2 aliphatic rings. The summed E-state index contributed by atoms with van der Waals surface area (Å²) in [4.78, 5) is 11.7. The monoisotopic (exact) mass is 486 g/mol. The van der Waals surface area contributed by atoms with Crippen molar-refractivity contribution < 1.29 is 4.74 Å². The summed E-state index contributed by atoms with van der Waals surface area (Å²) >= 11 is 0. The van der Waals surface area contributed by atoms with Crippen molar-refractivity contribution in [2.24, 2.45) is 7.05 Å². The van der Waals surface area contributed by atoms with E-state index in [0.29, 0.717) is 6.04 Å². The maximum Gasteiger partial charge on any atom is 0.142 e. The zero-order valence-corrected chi connectivity index (χ0v) is 21.1. The molecule has 188 valence electrons. The van der Waals surface area contributed by atoms with Gasteiger partial charge in [-0.25, -0.2) is 4.98 Å². The molecular weight excluding hydrogens is 452 g/mol. The summed E-state index contributed by atoms with van der Waals surface area (Å²) in [5.74, 6) is 1.79.